The SMILES string of the molecule is COc1ccc(C(=O)NNc2ncnc(Sc3cccc4cccnc34)c2[N+](=O)[O-])cc1. The number of rotatable bonds is 7. The van der Waals surface area contributed by atoms with Crippen LogP contribution in [0.1, 0.15) is 10.4 Å². The van der Waals surface area contributed by atoms with E-state index in [-0.39, 0.29) is 16.5 Å². The number of hydrazine groups is 1. The second kappa shape index (κ2) is 9.27. The van der Waals surface area contributed by atoms with Crippen LogP contribution < -0.4 is 15.6 Å². The second-order valence-corrected chi connectivity index (χ2v) is 7.40. The Bertz CT molecular complexity index is 1290. The van der Waals surface area contributed by atoms with Crippen LogP contribution >= 0.6 is 11.8 Å². The average Bonchev–Trinajstić information content (AvgIpc) is 2.82. The Labute approximate surface area is 186 Å². The van der Waals surface area contributed by atoms with Crippen LogP contribution in [0.15, 0.2) is 77.0 Å². The molecule has 0 aliphatic rings. The molecule has 0 aliphatic heterocycles. The second-order valence-electron chi connectivity index (χ2n) is 6.37. The summed E-state index contributed by atoms with van der Waals surface area (Å²) in [6.07, 6.45) is 2.85. The summed E-state index contributed by atoms with van der Waals surface area (Å²) < 4.78 is 5.06. The van der Waals surface area contributed by atoms with Gasteiger partial charge in [-0.3, -0.25) is 30.7 Å². The van der Waals surface area contributed by atoms with Gasteiger partial charge in [-0.2, -0.15) is 0 Å². The van der Waals surface area contributed by atoms with Gasteiger partial charge >= 0.3 is 5.69 Å². The summed E-state index contributed by atoms with van der Waals surface area (Å²) in [5.41, 5.74) is 5.64. The summed E-state index contributed by atoms with van der Waals surface area (Å²) in [5.74, 6) is -0.0267. The number of fused-ring (bicyclic) bond motifs is 1. The molecule has 0 unspecified atom stereocenters. The molecule has 4 rings (SSSR count). The minimum atomic E-state index is -0.594. The van der Waals surface area contributed by atoms with Gasteiger partial charge in [0.1, 0.15) is 12.1 Å². The van der Waals surface area contributed by atoms with Crippen LogP contribution in [0.2, 0.25) is 0 Å². The molecule has 1 amide bonds. The van der Waals surface area contributed by atoms with Crippen LogP contribution in [0.3, 0.4) is 0 Å². The maximum absolute atomic E-state index is 12.4. The molecule has 2 aromatic carbocycles. The standard InChI is InChI=1S/C21H16N6O4S/c1-31-15-9-7-14(8-10-15)20(28)26-25-19-18(27(29)30)21(24-12-23-19)32-16-6-2-4-13-5-3-11-22-17(13)16/h2-12H,1H3,(H,26,28)(H,23,24,25). The van der Waals surface area contributed by atoms with Crippen LogP contribution in [0.5, 0.6) is 5.75 Å². The quantitative estimate of drug-likeness (QED) is 0.246. The molecule has 0 atom stereocenters. The molecule has 32 heavy (non-hydrogen) atoms. The van der Waals surface area contributed by atoms with Crippen LogP contribution in [-0.2, 0) is 0 Å². The van der Waals surface area contributed by atoms with E-state index in [0.29, 0.717) is 21.7 Å². The fourth-order valence-corrected chi connectivity index (χ4v) is 3.88. The highest BCUT2D eigenvalue weighted by Crippen LogP contribution is 2.38. The topological polar surface area (TPSA) is 132 Å². The number of hydrogen-bond acceptors (Lipinski definition) is 9. The van der Waals surface area contributed by atoms with Gasteiger partial charge in [-0.05, 0) is 36.4 Å². The number of amides is 1. The zero-order valence-corrected chi connectivity index (χ0v) is 17.5. The average molecular weight is 448 g/mol. The summed E-state index contributed by atoms with van der Waals surface area (Å²) in [4.78, 5) is 36.7. The van der Waals surface area contributed by atoms with Gasteiger partial charge in [0.2, 0.25) is 5.82 Å². The molecule has 0 aliphatic carbocycles. The number of anilines is 1. The number of carbonyl (C=O) groups is 1. The molecule has 160 valence electrons. The Morgan fingerprint density at radius 3 is 2.59 bits per heavy atom. The van der Waals surface area contributed by atoms with Gasteiger partial charge in [0, 0.05) is 22.0 Å². The summed E-state index contributed by atoms with van der Waals surface area (Å²) in [6, 6.07) is 15.7. The summed E-state index contributed by atoms with van der Waals surface area (Å²) in [5, 5.41) is 12.8. The first-order valence-electron chi connectivity index (χ1n) is 9.28. The number of nitro groups is 1. The van der Waals surface area contributed by atoms with E-state index in [1.54, 1.807) is 30.5 Å². The molecule has 2 N–H and O–H groups in total. The molecular formula is C21H16N6O4S. The van der Waals surface area contributed by atoms with Gasteiger partial charge in [-0.15, -0.1) is 0 Å². The van der Waals surface area contributed by atoms with Crippen molar-refractivity contribution in [3.8, 4) is 5.75 Å². The molecule has 0 radical (unpaired) electrons. The zero-order valence-electron chi connectivity index (χ0n) is 16.7. The van der Waals surface area contributed by atoms with Crippen molar-refractivity contribution >= 4 is 40.1 Å². The molecule has 0 saturated heterocycles. The van der Waals surface area contributed by atoms with E-state index in [9.17, 15) is 14.9 Å². The Morgan fingerprint density at radius 1 is 1.06 bits per heavy atom. The molecule has 0 saturated carbocycles. The fraction of sp³-hybridized carbons (Fsp3) is 0.0476. The number of pyridine rings is 1. The highest BCUT2D eigenvalue weighted by molar-refractivity contribution is 7.99. The summed E-state index contributed by atoms with van der Waals surface area (Å²) >= 11 is 1.10. The third-order valence-corrected chi connectivity index (χ3v) is 5.46. The van der Waals surface area contributed by atoms with Crippen molar-refractivity contribution in [2.75, 3.05) is 12.5 Å². The maximum atomic E-state index is 12.4. The van der Waals surface area contributed by atoms with Gasteiger partial charge in [0.15, 0.2) is 5.03 Å². The number of carbonyl (C=O) groups excluding carboxylic acids is 1. The number of methoxy groups -OCH3 is 1. The minimum absolute atomic E-state index is 0.115. The van der Waals surface area contributed by atoms with Crippen LogP contribution in [-0.4, -0.2) is 32.9 Å². The molecule has 0 spiro atoms. The lowest BCUT2D eigenvalue weighted by molar-refractivity contribution is -0.387. The number of benzene rings is 2. The van der Waals surface area contributed by atoms with Gasteiger partial charge in [-0.25, -0.2) is 9.97 Å². The first kappa shape index (κ1) is 21.0. The van der Waals surface area contributed by atoms with Gasteiger partial charge < -0.3 is 4.74 Å². The molecule has 2 heterocycles. The molecule has 0 fully saturated rings. The van der Waals surface area contributed by atoms with E-state index in [0.717, 1.165) is 17.1 Å². The molecule has 2 aromatic heterocycles. The first-order valence-corrected chi connectivity index (χ1v) is 10.1. The van der Waals surface area contributed by atoms with Gasteiger partial charge in [-0.1, -0.05) is 30.0 Å². The largest absolute Gasteiger partial charge is 0.497 e. The van der Waals surface area contributed by atoms with Gasteiger partial charge in [0.25, 0.3) is 5.91 Å². The number of nitrogens with one attached hydrogen (secondary N) is 2. The van der Waals surface area contributed by atoms with Gasteiger partial charge in [0.05, 0.1) is 17.5 Å². The Morgan fingerprint density at radius 2 is 1.84 bits per heavy atom. The van der Waals surface area contributed by atoms with E-state index in [2.05, 4.69) is 25.8 Å². The van der Waals surface area contributed by atoms with Crippen LogP contribution in [0.25, 0.3) is 10.9 Å². The lowest BCUT2D eigenvalue weighted by Gasteiger charge is -2.10. The number of nitrogens with zero attached hydrogens (tertiary/aromatic N) is 4. The fourth-order valence-electron chi connectivity index (χ4n) is 2.89. The lowest BCUT2D eigenvalue weighted by atomic mass is 10.2. The van der Waals surface area contributed by atoms with Crippen LogP contribution in [0, 0.1) is 10.1 Å². The van der Waals surface area contributed by atoms with Crippen molar-refractivity contribution < 1.29 is 14.5 Å². The third-order valence-electron chi connectivity index (χ3n) is 4.42. The first-order chi connectivity index (χ1) is 15.6. The summed E-state index contributed by atoms with van der Waals surface area (Å²) in [7, 11) is 1.52. The maximum Gasteiger partial charge on any atom is 0.345 e. The number of hydrogen-bond donors (Lipinski definition) is 2. The van der Waals surface area contributed by atoms with Crippen molar-refractivity contribution in [2.24, 2.45) is 0 Å². The monoisotopic (exact) mass is 448 g/mol. The van der Waals surface area contributed by atoms with Crippen molar-refractivity contribution in [3.63, 3.8) is 0 Å². The normalized spacial score (nSPS) is 10.5. The predicted octanol–water partition coefficient (Wildman–Crippen LogP) is 3.85. The highest BCUT2D eigenvalue weighted by Gasteiger charge is 2.25. The van der Waals surface area contributed by atoms with E-state index in [1.807, 2.05) is 30.3 Å². The Hall–Kier alpha value is -4.25. The summed E-state index contributed by atoms with van der Waals surface area (Å²) in [6.45, 7) is 0. The number of aromatic nitrogens is 3. The molecule has 4 aromatic rings. The predicted molar refractivity (Wildman–Crippen MR) is 119 cm³/mol. The lowest BCUT2D eigenvalue weighted by Crippen LogP contribution is -2.30. The van der Waals surface area contributed by atoms with Crippen molar-refractivity contribution in [1.82, 2.24) is 20.4 Å². The van der Waals surface area contributed by atoms with E-state index < -0.39 is 10.8 Å². The van der Waals surface area contributed by atoms with E-state index >= 15 is 0 Å². The third kappa shape index (κ3) is 4.42. The van der Waals surface area contributed by atoms with E-state index in [4.69, 9.17) is 4.74 Å². The van der Waals surface area contributed by atoms with Crippen molar-refractivity contribution in [2.45, 2.75) is 9.92 Å². The molecule has 10 nitrogen and oxygen atoms in total. The zero-order chi connectivity index (χ0) is 22.5. The number of para-hydroxylation sites is 1. The molecule has 0 bridgehead atoms. The molecule has 11 heteroatoms. The Balaban J connectivity index is 1.59. The highest BCUT2D eigenvalue weighted by atomic mass is 32.2. The van der Waals surface area contributed by atoms with Crippen LogP contribution in [0.4, 0.5) is 11.5 Å². The van der Waals surface area contributed by atoms with E-state index in [1.165, 1.54) is 13.4 Å². The van der Waals surface area contributed by atoms with Crippen molar-refractivity contribution in [1.29, 1.82) is 0 Å². The Kier molecular flexibility index (Phi) is 6.08. The van der Waals surface area contributed by atoms with Crippen molar-refractivity contribution in [3.05, 3.63) is 82.8 Å². The smallest absolute Gasteiger partial charge is 0.345 e. The number of ether oxygens (including phenoxy) is 1. The molecular weight excluding hydrogens is 432 g/mol. The minimum Gasteiger partial charge on any atom is -0.497 e.